The molecule has 0 radical (unpaired) electrons. The number of carbonyl (C=O) groups is 1. The Bertz CT molecular complexity index is 483. The maximum atomic E-state index is 13.2. The molecule has 0 heterocycles. The Morgan fingerprint density at radius 2 is 1.85 bits per heavy atom. The van der Waals surface area contributed by atoms with Crippen LogP contribution in [0.15, 0.2) is 18.2 Å². The smallest absolute Gasteiger partial charge is 0.179 e. The monoisotopic (exact) mass is 281 g/mol. The summed E-state index contributed by atoms with van der Waals surface area (Å²) in [6.45, 7) is 1.83. The molecule has 1 aromatic rings. The van der Waals surface area contributed by atoms with E-state index in [4.69, 9.17) is 0 Å². The number of benzene rings is 1. The number of hydrogen-bond acceptors (Lipinski definition) is 2. The van der Waals surface area contributed by atoms with Crippen molar-refractivity contribution in [2.75, 3.05) is 7.05 Å². The van der Waals surface area contributed by atoms with E-state index in [1.54, 1.807) is 0 Å². The Morgan fingerprint density at radius 3 is 2.45 bits per heavy atom. The van der Waals surface area contributed by atoms with E-state index < -0.39 is 11.6 Å². The summed E-state index contributed by atoms with van der Waals surface area (Å²) in [5, 5.41) is 0. The fourth-order valence-corrected chi connectivity index (χ4v) is 2.88. The summed E-state index contributed by atoms with van der Waals surface area (Å²) in [5.41, 5.74) is 0.235. The van der Waals surface area contributed by atoms with Crippen molar-refractivity contribution in [2.45, 2.75) is 51.1 Å². The van der Waals surface area contributed by atoms with Crippen LogP contribution in [0.4, 0.5) is 8.78 Å². The Hall–Kier alpha value is -1.29. The molecule has 1 atom stereocenters. The lowest BCUT2D eigenvalue weighted by atomic mass is 9.92. The zero-order valence-corrected chi connectivity index (χ0v) is 12.0. The van der Waals surface area contributed by atoms with Crippen LogP contribution in [0.3, 0.4) is 0 Å². The fourth-order valence-electron chi connectivity index (χ4n) is 2.88. The minimum atomic E-state index is -0.969. The molecule has 1 aromatic carbocycles. The van der Waals surface area contributed by atoms with E-state index in [-0.39, 0.29) is 17.4 Å². The van der Waals surface area contributed by atoms with Gasteiger partial charge in [-0.15, -0.1) is 0 Å². The van der Waals surface area contributed by atoms with Crippen molar-refractivity contribution in [3.63, 3.8) is 0 Å². The number of likely N-dealkylation sites (N-methyl/N-ethyl adjacent to an activating group) is 1. The van der Waals surface area contributed by atoms with Gasteiger partial charge in [0.05, 0.1) is 6.04 Å². The maximum Gasteiger partial charge on any atom is 0.179 e. The lowest BCUT2D eigenvalue weighted by Crippen LogP contribution is -2.43. The molecule has 1 saturated carbocycles. The second-order valence-corrected chi connectivity index (χ2v) is 5.63. The summed E-state index contributed by atoms with van der Waals surface area (Å²) in [6.07, 6.45) is 5.86. The summed E-state index contributed by atoms with van der Waals surface area (Å²) in [6, 6.07) is 3.45. The molecule has 0 saturated heterocycles. The summed E-state index contributed by atoms with van der Waals surface area (Å²) in [4.78, 5) is 14.4. The topological polar surface area (TPSA) is 20.3 Å². The van der Waals surface area contributed by atoms with Crippen molar-refractivity contribution >= 4 is 5.78 Å². The predicted octanol–water partition coefficient (Wildman–Crippen LogP) is 3.80. The number of hydrogen-bond donors (Lipinski definition) is 0. The zero-order valence-electron chi connectivity index (χ0n) is 12.0. The number of ketones is 1. The highest BCUT2D eigenvalue weighted by Gasteiger charge is 2.27. The second kappa shape index (κ2) is 6.44. The third kappa shape index (κ3) is 3.23. The highest BCUT2D eigenvalue weighted by atomic mass is 19.2. The zero-order chi connectivity index (χ0) is 14.7. The molecule has 0 amide bonds. The average molecular weight is 281 g/mol. The minimum Gasteiger partial charge on any atom is -0.294 e. The highest BCUT2D eigenvalue weighted by molar-refractivity contribution is 5.99. The van der Waals surface area contributed by atoms with Crippen molar-refractivity contribution in [3.05, 3.63) is 35.4 Å². The molecule has 1 unspecified atom stereocenters. The summed E-state index contributed by atoms with van der Waals surface area (Å²) in [5.74, 6) is -2.05. The summed E-state index contributed by atoms with van der Waals surface area (Å²) in [7, 11) is 1.94. The van der Waals surface area contributed by atoms with Crippen molar-refractivity contribution < 1.29 is 13.6 Å². The van der Waals surface area contributed by atoms with Gasteiger partial charge >= 0.3 is 0 Å². The van der Waals surface area contributed by atoms with Crippen LogP contribution in [-0.2, 0) is 0 Å². The lowest BCUT2D eigenvalue weighted by molar-refractivity contribution is 0.0777. The molecule has 1 fully saturated rings. The van der Waals surface area contributed by atoms with Gasteiger partial charge in [-0.25, -0.2) is 8.78 Å². The van der Waals surface area contributed by atoms with Gasteiger partial charge in [0.25, 0.3) is 0 Å². The Balaban J connectivity index is 2.08. The molecular formula is C16H21F2NO. The first-order valence-electron chi connectivity index (χ1n) is 7.22. The third-order valence-electron chi connectivity index (χ3n) is 4.35. The number of carbonyl (C=O) groups excluding carboxylic acids is 1. The summed E-state index contributed by atoms with van der Waals surface area (Å²) >= 11 is 0. The van der Waals surface area contributed by atoms with Gasteiger partial charge in [-0.1, -0.05) is 19.3 Å². The summed E-state index contributed by atoms with van der Waals surface area (Å²) < 4.78 is 26.1. The van der Waals surface area contributed by atoms with Crippen LogP contribution in [0.25, 0.3) is 0 Å². The van der Waals surface area contributed by atoms with Crippen LogP contribution >= 0.6 is 0 Å². The number of rotatable bonds is 4. The van der Waals surface area contributed by atoms with Crippen molar-refractivity contribution in [2.24, 2.45) is 0 Å². The van der Waals surface area contributed by atoms with Crippen LogP contribution in [0.1, 0.15) is 49.4 Å². The Labute approximate surface area is 118 Å². The van der Waals surface area contributed by atoms with Gasteiger partial charge < -0.3 is 0 Å². The molecule has 4 heteroatoms. The Morgan fingerprint density at radius 1 is 1.20 bits per heavy atom. The van der Waals surface area contributed by atoms with Crippen molar-refractivity contribution in [3.8, 4) is 0 Å². The standard InChI is InChI=1S/C16H21F2NO/c1-11(19(2)13-6-4-3-5-7-13)16(20)12-8-9-14(17)15(18)10-12/h8-11,13H,3-7H2,1-2H3. The van der Waals surface area contributed by atoms with Crippen LogP contribution in [0, 0.1) is 11.6 Å². The molecular weight excluding hydrogens is 260 g/mol. The number of halogens is 2. The van der Waals surface area contributed by atoms with Gasteiger partial charge in [0.2, 0.25) is 0 Å². The molecule has 0 aliphatic heterocycles. The predicted molar refractivity (Wildman–Crippen MR) is 74.8 cm³/mol. The molecule has 20 heavy (non-hydrogen) atoms. The van der Waals surface area contributed by atoms with Crippen LogP contribution in [-0.4, -0.2) is 29.8 Å². The number of nitrogens with zero attached hydrogens (tertiary/aromatic N) is 1. The van der Waals surface area contributed by atoms with E-state index in [2.05, 4.69) is 4.90 Å². The van der Waals surface area contributed by atoms with Gasteiger partial charge in [-0.05, 0) is 45.0 Å². The first-order valence-corrected chi connectivity index (χ1v) is 7.22. The molecule has 1 aliphatic rings. The van der Waals surface area contributed by atoms with Crippen molar-refractivity contribution in [1.29, 1.82) is 0 Å². The molecule has 2 nitrogen and oxygen atoms in total. The van der Waals surface area contributed by atoms with Gasteiger partial charge in [-0.2, -0.15) is 0 Å². The average Bonchev–Trinajstić information content (AvgIpc) is 2.48. The Kier molecular flexibility index (Phi) is 4.86. The van der Waals surface area contributed by atoms with Gasteiger partial charge in [-0.3, -0.25) is 9.69 Å². The lowest BCUT2D eigenvalue weighted by Gasteiger charge is -2.34. The quantitative estimate of drug-likeness (QED) is 0.782. The van der Waals surface area contributed by atoms with E-state index in [9.17, 15) is 13.6 Å². The van der Waals surface area contributed by atoms with E-state index in [1.807, 2.05) is 14.0 Å². The molecule has 0 N–H and O–H groups in total. The SMILES string of the molecule is CC(C(=O)c1ccc(F)c(F)c1)N(C)C1CCCCC1. The third-order valence-corrected chi connectivity index (χ3v) is 4.35. The minimum absolute atomic E-state index is 0.156. The first-order chi connectivity index (χ1) is 9.50. The molecule has 0 bridgehead atoms. The molecule has 2 rings (SSSR count). The molecule has 0 spiro atoms. The van der Waals surface area contributed by atoms with Gasteiger partial charge in [0.1, 0.15) is 0 Å². The number of Topliss-reactive ketones (excluding diaryl/α,β-unsaturated/α-hetero) is 1. The van der Waals surface area contributed by atoms with E-state index in [0.717, 1.165) is 25.0 Å². The van der Waals surface area contributed by atoms with Gasteiger partial charge in [0.15, 0.2) is 17.4 Å². The van der Waals surface area contributed by atoms with Crippen LogP contribution in [0.2, 0.25) is 0 Å². The van der Waals surface area contributed by atoms with E-state index >= 15 is 0 Å². The van der Waals surface area contributed by atoms with Crippen LogP contribution in [0.5, 0.6) is 0 Å². The van der Waals surface area contributed by atoms with E-state index in [1.165, 1.54) is 25.3 Å². The largest absolute Gasteiger partial charge is 0.294 e. The molecule has 1 aliphatic carbocycles. The van der Waals surface area contributed by atoms with Crippen molar-refractivity contribution in [1.82, 2.24) is 4.90 Å². The molecule has 0 aromatic heterocycles. The second-order valence-electron chi connectivity index (χ2n) is 5.63. The maximum absolute atomic E-state index is 13.2. The van der Waals surface area contributed by atoms with Crippen LogP contribution < -0.4 is 0 Å². The van der Waals surface area contributed by atoms with E-state index in [0.29, 0.717) is 6.04 Å². The fraction of sp³-hybridized carbons (Fsp3) is 0.562. The first kappa shape index (κ1) is 15.1. The molecule has 110 valence electrons. The normalized spacial score (nSPS) is 18.2. The highest BCUT2D eigenvalue weighted by Crippen LogP contribution is 2.24. The van der Waals surface area contributed by atoms with Gasteiger partial charge in [0, 0.05) is 11.6 Å².